The summed E-state index contributed by atoms with van der Waals surface area (Å²) in [6.45, 7) is 11.6. The lowest BCUT2D eigenvalue weighted by molar-refractivity contribution is 0.148. The average Bonchev–Trinajstić information content (AvgIpc) is 2.47. The van der Waals surface area contributed by atoms with Gasteiger partial charge in [0.25, 0.3) is 0 Å². The molecule has 19 heavy (non-hydrogen) atoms. The molecule has 1 N–H and O–H groups in total. The molecule has 1 aliphatic heterocycles. The van der Waals surface area contributed by atoms with Gasteiger partial charge >= 0.3 is 0 Å². The Morgan fingerprint density at radius 3 is 2.32 bits per heavy atom. The van der Waals surface area contributed by atoms with Crippen LogP contribution in [0, 0.1) is 5.41 Å². The molecule has 0 saturated carbocycles. The van der Waals surface area contributed by atoms with Crippen molar-refractivity contribution in [3.05, 3.63) is 35.4 Å². The Balaban J connectivity index is 2.27. The van der Waals surface area contributed by atoms with Gasteiger partial charge in [-0.05, 0) is 48.3 Å². The molecule has 1 nitrogen and oxygen atoms in total. The summed E-state index contributed by atoms with van der Waals surface area (Å²) in [6.07, 6.45) is 3.90. The predicted molar refractivity (Wildman–Crippen MR) is 83.8 cm³/mol. The van der Waals surface area contributed by atoms with Crippen LogP contribution in [0.4, 0.5) is 0 Å². The summed E-state index contributed by atoms with van der Waals surface area (Å²) in [5, 5.41) is 3.59. The van der Waals surface area contributed by atoms with E-state index in [0.717, 1.165) is 6.54 Å². The number of rotatable bonds is 4. The van der Waals surface area contributed by atoms with E-state index in [1.807, 2.05) is 0 Å². The van der Waals surface area contributed by atoms with Crippen molar-refractivity contribution in [2.45, 2.75) is 58.8 Å². The maximum atomic E-state index is 3.59. The van der Waals surface area contributed by atoms with E-state index < -0.39 is 0 Å². The normalized spacial score (nSPS) is 22.7. The van der Waals surface area contributed by atoms with Crippen molar-refractivity contribution < 1.29 is 0 Å². The zero-order valence-corrected chi connectivity index (χ0v) is 13.0. The van der Waals surface area contributed by atoms with Crippen LogP contribution >= 0.6 is 0 Å². The molecule has 2 rings (SSSR count). The van der Waals surface area contributed by atoms with Gasteiger partial charge in [0.05, 0.1) is 0 Å². The molecule has 0 aliphatic carbocycles. The first-order valence-corrected chi connectivity index (χ1v) is 7.93. The lowest BCUT2D eigenvalue weighted by atomic mass is 9.64. The van der Waals surface area contributed by atoms with E-state index in [-0.39, 0.29) is 0 Å². The number of nitrogens with one attached hydrogen (secondary N) is 1. The zero-order valence-electron chi connectivity index (χ0n) is 13.0. The molecule has 1 unspecified atom stereocenters. The Morgan fingerprint density at radius 2 is 1.79 bits per heavy atom. The fraction of sp³-hybridized carbons (Fsp3) is 0.667. The molecular formula is C18H29N. The second-order valence-electron chi connectivity index (χ2n) is 6.40. The molecule has 0 amide bonds. The number of hydrogen-bond donors (Lipinski definition) is 1. The SMILES string of the molecule is CCC1(CC)CCNCC1c1ccc(C(C)C)cc1. The van der Waals surface area contributed by atoms with E-state index in [1.54, 1.807) is 0 Å². The van der Waals surface area contributed by atoms with E-state index in [1.165, 1.54) is 36.9 Å². The van der Waals surface area contributed by atoms with Gasteiger partial charge in [0.15, 0.2) is 0 Å². The van der Waals surface area contributed by atoms with Crippen LogP contribution in [0.1, 0.15) is 69.9 Å². The van der Waals surface area contributed by atoms with Crippen molar-refractivity contribution in [2.24, 2.45) is 5.41 Å². The van der Waals surface area contributed by atoms with E-state index >= 15 is 0 Å². The summed E-state index contributed by atoms with van der Waals surface area (Å²) >= 11 is 0. The topological polar surface area (TPSA) is 12.0 Å². The van der Waals surface area contributed by atoms with E-state index in [0.29, 0.717) is 17.3 Å². The minimum atomic E-state index is 0.505. The van der Waals surface area contributed by atoms with Gasteiger partial charge in [-0.2, -0.15) is 0 Å². The number of benzene rings is 1. The van der Waals surface area contributed by atoms with Crippen molar-refractivity contribution in [1.29, 1.82) is 0 Å². The summed E-state index contributed by atoms with van der Waals surface area (Å²) in [6, 6.07) is 9.38. The standard InChI is InChI=1S/C18H29N/c1-5-18(6-2)11-12-19-13-17(18)16-9-7-15(8-10-16)14(3)4/h7-10,14,17,19H,5-6,11-13H2,1-4H3. The van der Waals surface area contributed by atoms with Crippen LogP contribution in [0.15, 0.2) is 24.3 Å². The largest absolute Gasteiger partial charge is 0.316 e. The summed E-state index contributed by atoms with van der Waals surface area (Å²) in [5.41, 5.74) is 3.48. The molecule has 1 fully saturated rings. The minimum Gasteiger partial charge on any atom is -0.316 e. The first-order valence-electron chi connectivity index (χ1n) is 7.93. The van der Waals surface area contributed by atoms with E-state index in [9.17, 15) is 0 Å². The van der Waals surface area contributed by atoms with Gasteiger partial charge in [-0.1, -0.05) is 52.0 Å². The lowest BCUT2D eigenvalue weighted by Gasteiger charge is -2.44. The van der Waals surface area contributed by atoms with E-state index in [4.69, 9.17) is 0 Å². The number of hydrogen-bond acceptors (Lipinski definition) is 1. The van der Waals surface area contributed by atoms with Crippen LogP contribution in [0.5, 0.6) is 0 Å². The van der Waals surface area contributed by atoms with Crippen LogP contribution in [-0.2, 0) is 0 Å². The predicted octanol–water partition coefficient (Wildman–Crippen LogP) is 4.69. The third-order valence-electron chi connectivity index (χ3n) is 5.30. The summed E-state index contributed by atoms with van der Waals surface area (Å²) in [7, 11) is 0. The highest BCUT2D eigenvalue weighted by Crippen LogP contribution is 2.46. The maximum absolute atomic E-state index is 3.59. The molecular weight excluding hydrogens is 230 g/mol. The zero-order chi connectivity index (χ0) is 13.9. The molecule has 0 spiro atoms. The van der Waals surface area contributed by atoms with Crippen LogP contribution in [0.3, 0.4) is 0 Å². The van der Waals surface area contributed by atoms with Gasteiger partial charge in [-0.15, -0.1) is 0 Å². The van der Waals surface area contributed by atoms with Gasteiger partial charge in [0.1, 0.15) is 0 Å². The Morgan fingerprint density at radius 1 is 1.16 bits per heavy atom. The van der Waals surface area contributed by atoms with Crippen molar-refractivity contribution in [1.82, 2.24) is 5.32 Å². The fourth-order valence-electron chi connectivity index (χ4n) is 3.66. The van der Waals surface area contributed by atoms with Gasteiger partial charge in [-0.25, -0.2) is 0 Å². The van der Waals surface area contributed by atoms with Crippen molar-refractivity contribution in [3.63, 3.8) is 0 Å². The van der Waals surface area contributed by atoms with Gasteiger partial charge in [0.2, 0.25) is 0 Å². The molecule has 1 heteroatoms. The Kier molecular flexibility index (Phi) is 4.67. The molecule has 1 aromatic carbocycles. The van der Waals surface area contributed by atoms with Crippen LogP contribution < -0.4 is 5.32 Å². The molecule has 0 aromatic heterocycles. The average molecular weight is 259 g/mol. The van der Waals surface area contributed by atoms with Crippen LogP contribution in [0.25, 0.3) is 0 Å². The monoisotopic (exact) mass is 259 g/mol. The van der Waals surface area contributed by atoms with Crippen molar-refractivity contribution in [3.8, 4) is 0 Å². The molecule has 1 heterocycles. The second-order valence-corrected chi connectivity index (χ2v) is 6.40. The molecule has 0 bridgehead atoms. The molecule has 1 aliphatic rings. The molecule has 1 saturated heterocycles. The highest BCUT2D eigenvalue weighted by Gasteiger charge is 2.38. The summed E-state index contributed by atoms with van der Waals surface area (Å²) in [5.74, 6) is 1.30. The molecule has 0 radical (unpaired) electrons. The van der Waals surface area contributed by atoms with Crippen molar-refractivity contribution in [2.75, 3.05) is 13.1 Å². The second kappa shape index (κ2) is 6.09. The van der Waals surface area contributed by atoms with Gasteiger partial charge in [0, 0.05) is 12.5 Å². The summed E-state index contributed by atoms with van der Waals surface area (Å²) in [4.78, 5) is 0. The maximum Gasteiger partial charge on any atom is 0.00255 e. The third kappa shape index (κ3) is 2.86. The Hall–Kier alpha value is -0.820. The lowest BCUT2D eigenvalue weighted by Crippen LogP contribution is -2.43. The highest BCUT2D eigenvalue weighted by atomic mass is 14.9. The van der Waals surface area contributed by atoms with Gasteiger partial charge in [-0.3, -0.25) is 0 Å². The van der Waals surface area contributed by atoms with Crippen molar-refractivity contribution >= 4 is 0 Å². The quantitative estimate of drug-likeness (QED) is 0.827. The van der Waals surface area contributed by atoms with Gasteiger partial charge < -0.3 is 5.32 Å². The van der Waals surface area contributed by atoms with Crippen LogP contribution in [0.2, 0.25) is 0 Å². The first kappa shape index (κ1) is 14.6. The van der Waals surface area contributed by atoms with Crippen LogP contribution in [-0.4, -0.2) is 13.1 Å². The smallest absolute Gasteiger partial charge is 0.00255 e. The first-order chi connectivity index (χ1) is 9.13. The minimum absolute atomic E-state index is 0.505. The molecule has 106 valence electrons. The third-order valence-corrected chi connectivity index (χ3v) is 5.30. The fourth-order valence-corrected chi connectivity index (χ4v) is 3.66. The number of piperidine rings is 1. The molecule has 1 atom stereocenters. The Bertz CT molecular complexity index is 387. The Labute approximate surface area is 118 Å². The summed E-state index contributed by atoms with van der Waals surface area (Å²) < 4.78 is 0. The van der Waals surface area contributed by atoms with E-state index in [2.05, 4.69) is 57.3 Å². The highest BCUT2D eigenvalue weighted by molar-refractivity contribution is 5.29. The molecule has 1 aromatic rings.